The Hall–Kier alpha value is -0.780. The van der Waals surface area contributed by atoms with E-state index < -0.39 is 0 Å². The first kappa shape index (κ1) is 10.3. The predicted octanol–water partition coefficient (Wildman–Crippen LogP) is 4.14. The second-order valence-electron chi connectivity index (χ2n) is 5.00. The Labute approximate surface area is 82.0 Å². The molecule has 0 saturated carbocycles. The Balaban J connectivity index is 2.96. The first-order chi connectivity index (χ1) is 5.91. The minimum absolute atomic E-state index is 0.355. The predicted molar refractivity (Wildman–Crippen MR) is 59.0 cm³/mol. The molecule has 0 heteroatoms. The van der Waals surface area contributed by atoms with Gasteiger partial charge < -0.3 is 0 Å². The molecule has 13 heavy (non-hydrogen) atoms. The van der Waals surface area contributed by atoms with Crippen molar-refractivity contribution in [2.75, 3.05) is 0 Å². The second kappa shape index (κ2) is 3.53. The fraction of sp³-hybridized carbons (Fsp3) is 0.538. The van der Waals surface area contributed by atoms with Crippen molar-refractivity contribution in [1.82, 2.24) is 0 Å². The van der Waals surface area contributed by atoms with Gasteiger partial charge in [0.2, 0.25) is 0 Å². The van der Waals surface area contributed by atoms with Gasteiger partial charge in [-0.05, 0) is 23.8 Å². The number of hydrogen-bond acceptors (Lipinski definition) is 0. The average Bonchev–Trinajstić information content (AvgIpc) is 2.01. The van der Waals surface area contributed by atoms with Gasteiger partial charge >= 0.3 is 0 Å². The third kappa shape index (κ3) is 2.58. The lowest BCUT2D eigenvalue weighted by Gasteiger charge is -2.27. The fourth-order valence-corrected chi connectivity index (χ4v) is 1.44. The van der Waals surface area contributed by atoms with Crippen molar-refractivity contribution in [3.63, 3.8) is 0 Å². The molecule has 0 spiro atoms. The van der Waals surface area contributed by atoms with Crippen molar-refractivity contribution in [3.8, 4) is 0 Å². The van der Waals surface area contributed by atoms with E-state index in [-0.39, 0.29) is 0 Å². The molecule has 0 N–H and O–H groups in total. The summed E-state index contributed by atoms with van der Waals surface area (Å²) in [5.74, 6) is 0.618. The van der Waals surface area contributed by atoms with Crippen LogP contribution >= 0.6 is 0 Å². The SMILES string of the molecule is Cc1cccc([C@H](C)C(C)(C)C)c1. The quantitative estimate of drug-likeness (QED) is 0.603. The Kier molecular flexibility index (Phi) is 2.80. The molecule has 0 heterocycles. The van der Waals surface area contributed by atoms with E-state index >= 15 is 0 Å². The highest BCUT2D eigenvalue weighted by atomic mass is 14.3. The van der Waals surface area contributed by atoms with Gasteiger partial charge in [0.15, 0.2) is 0 Å². The van der Waals surface area contributed by atoms with E-state index in [0.717, 1.165) is 0 Å². The van der Waals surface area contributed by atoms with Crippen LogP contribution in [0.15, 0.2) is 24.3 Å². The number of rotatable bonds is 1. The summed E-state index contributed by atoms with van der Waals surface area (Å²) < 4.78 is 0. The van der Waals surface area contributed by atoms with E-state index in [1.54, 1.807) is 0 Å². The Morgan fingerprint density at radius 1 is 1.15 bits per heavy atom. The zero-order chi connectivity index (χ0) is 10.1. The largest absolute Gasteiger partial charge is 0.0617 e. The normalized spacial score (nSPS) is 14.2. The van der Waals surface area contributed by atoms with Crippen LogP contribution < -0.4 is 0 Å². The van der Waals surface area contributed by atoms with E-state index in [2.05, 4.69) is 58.9 Å². The minimum Gasteiger partial charge on any atom is -0.0617 e. The van der Waals surface area contributed by atoms with Crippen LogP contribution in [0.4, 0.5) is 0 Å². The molecule has 0 unspecified atom stereocenters. The van der Waals surface area contributed by atoms with E-state index in [1.807, 2.05) is 0 Å². The van der Waals surface area contributed by atoms with Crippen LogP contribution in [0.3, 0.4) is 0 Å². The highest BCUT2D eigenvalue weighted by molar-refractivity contribution is 5.26. The van der Waals surface area contributed by atoms with Gasteiger partial charge in [0.05, 0.1) is 0 Å². The van der Waals surface area contributed by atoms with Crippen LogP contribution in [-0.2, 0) is 0 Å². The van der Waals surface area contributed by atoms with Crippen LogP contribution in [0.5, 0.6) is 0 Å². The first-order valence-electron chi connectivity index (χ1n) is 4.98. The molecule has 0 aliphatic rings. The maximum absolute atomic E-state index is 2.30. The van der Waals surface area contributed by atoms with E-state index in [0.29, 0.717) is 11.3 Å². The van der Waals surface area contributed by atoms with Gasteiger partial charge in [-0.3, -0.25) is 0 Å². The van der Waals surface area contributed by atoms with Gasteiger partial charge in [-0.15, -0.1) is 0 Å². The summed E-state index contributed by atoms with van der Waals surface area (Å²) in [6, 6.07) is 8.81. The number of aryl methyl sites for hydroxylation is 1. The second-order valence-corrected chi connectivity index (χ2v) is 5.00. The molecular formula is C13H20. The third-order valence-electron chi connectivity index (χ3n) is 2.84. The number of hydrogen-bond donors (Lipinski definition) is 0. The summed E-state index contributed by atoms with van der Waals surface area (Å²) in [5.41, 5.74) is 3.16. The molecule has 1 aromatic rings. The van der Waals surface area contributed by atoms with Crippen molar-refractivity contribution in [1.29, 1.82) is 0 Å². The summed E-state index contributed by atoms with van der Waals surface area (Å²) in [5, 5.41) is 0. The molecule has 0 aliphatic carbocycles. The first-order valence-corrected chi connectivity index (χ1v) is 4.98. The molecule has 0 fully saturated rings. The Morgan fingerprint density at radius 3 is 2.23 bits per heavy atom. The molecule has 0 saturated heterocycles. The van der Waals surface area contributed by atoms with Crippen LogP contribution in [0.25, 0.3) is 0 Å². The molecule has 0 aliphatic heterocycles. The van der Waals surface area contributed by atoms with E-state index in [1.165, 1.54) is 11.1 Å². The molecule has 0 aromatic heterocycles. The highest BCUT2D eigenvalue weighted by Gasteiger charge is 2.21. The summed E-state index contributed by atoms with van der Waals surface area (Å²) in [7, 11) is 0. The third-order valence-corrected chi connectivity index (χ3v) is 2.84. The smallest absolute Gasteiger partial charge is 0.0142 e. The van der Waals surface area contributed by atoms with Crippen LogP contribution in [0.2, 0.25) is 0 Å². The van der Waals surface area contributed by atoms with Crippen molar-refractivity contribution >= 4 is 0 Å². The topological polar surface area (TPSA) is 0 Å². The summed E-state index contributed by atoms with van der Waals surface area (Å²) >= 11 is 0. The zero-order valence-electron chi connectivity index (χ0n) is 9.39. The monoisotopic (exact) mass is 176 g/mol. The molecule has 0 radical (unpaired) electrons. The standard InChI is InChI=1S/C13H20/c1-10-7-6-8-12(9-10)11(2)13(3,4)5/h6-9,11H,1-5H3/t11-/m0/s1. The van der Waals surface area contributed by atoms with Crippen LogP contribution in [-0.4, -0.2) is 0 Å². The Morgan fingerprint density at radius 2 is 1.77 bits per heavy atom. The van der Waals surface area contributed by atoms with Gasteiger partial charge in [0, 0.05) is 0 Å². The van der Waals surface area contributed by atoms with Gasteiger partial charge in [0.25, 0.3) is 0 Å². The molecular weight excluding hydrogens is 156 g/mol. The summed E-state index contributed by atoms with van der Waals surface area (Å²) in [6.45, 7) is 11.3. The molecule has 1 aromatic carbocycles. The summed E-state index contributed by atoms with van der Waals surface area (Å²) in [4.78, 5) is 0. The maximum atomic E-state index is 2.30. The van der Waals surface area contributed by atoms with E-state index in [9.17, 15) is 0 Å². The number of benzene rings is 1. The maximum Gasteiger partial charge on any atom is -0.0142 e. The van der Waals surface area contributed by atoms with Crippen molar-refractivity contribution in [3.05, 3.63) is 35.4 Å². The van der Waals surface area contributed by atoms with Gasteiger partial charge in [-0.2, -0.15) is 0 Å². The van der Waals surface area contributed by atoms with Crippen LogP contribution in [0, 0.1) is 12.3 Å². The van der Waals surface area contributed by atoms with Gasteiger partial charge in [-0.1, -0.05) is 57.5 Å². The molecule has 0 nitrogen and oxygen atoms in total. The fourth-order valence-electron chi connectivity index (χ4n) is 1.44. The molecule has 72 valence electrons. The molecule has 0 amide bonds. The van der Waals surface area contributed by atoms with Crippen molar-refractivity contribution < 1.29 is 0 Å². The average molecular weight is 176 g/mol. The van der Waals surface area contributed by atoms with Crippen LogP contribution in [0.1, 0.15) is 44.7 Å². The minimum atomic E-state index is 0.355. The Bertz CT molecular complexity index is 278. The molecule has 0 bridgehead atoms. The summed E-state index contributed by atoms with van der Waals surface area (Å²) in [6.07, 6.45) is 0. The van der Waals surface area contributed by atoms with E-state index in [4.69, 9.17) is 0 Å². The lowest BCUT2D eigenvalue weighted by atomic mass is 9.77. The van der Waals surface area contributed by atoms with Gasteiger partial charge in [-0.25, -0.2) is 0 Å². The van der Waals surface area contributed by atoms with Crippen molar-refractivity contribution in [2.24, 2.45) is 5.41 Å². The lowest BCUT2D eigenvalue weighted by molar-refractivity contribution is 0.339. The van der Waals surface area contributed by atoms with Crippen molar-refractivity contribution in [2.45, 2.75) is 40.5 Å². The molecule has 1 atom stereocenters. The lowest BCUT2D eigenvalue weighted by Crippen LogP contribution is -2.15. The highest BCUT2D eigenvalue weighted by Crippen LogP contribution is 2.34. The zero-order valence-corrected chi connectivity index (χ0v) is 9.39. The van der Waals surface area contributed by atoms with Gasteiger partial charge in [0.1, 0.15) is 0 Å². The molecule has 1 rings (SSSR count).